The first kappa shape index (κ1) is 18.4. The lowest BCUT2D eigenvalue weighted by Gasteiger charge is -2.37. The third-order valence-corrected chi connectivity index (χ3v) is 6.05. The number of nitrogens with one attached hydrogen (secondary N) is 2. The zero-order chi connectivity index (χ0) is 19.0. The fourth-order valence-electron chi connectivity index (χ4n) is 2.89. The van der Waals surface area contributed by atoms with Crippen molar-refractivity contribution in [2.45, 2.75) is 6.04 Å². The minimum absolute atomic E-state index is 0.0886. The highest BCUT2D eigenvalue weighted by molar-refractivity contribution is 7.98. The molecular weight excluding hydrogens is 407 g/mol. The van der Waals surface area contributed by atoms with Crippen LogP contribution in [0.2, 0.25) is 10.0 Å². The van der Waals surface area contributed by atoms with Gasteiger partial charge in [-0.15, -0.1) is 0 Å². The van der Waals surface area contributed by atoms with E-state index in [1.165, 1.54) is 12.1 Å². The minimum atomic E-state index is -0.127. The molecule has 140 valence electrons. The Kier molecular flexibility index (Phi) is 5.14. The van der Waals surface area contributed by atoms with Crippen molar-refractivity contribution in [3.8, 4) is 0 Å². The maximum atomic E-state index is 12.7. The number of fused-ring (bicyclic) bond motifs is 1. The van der Waals surface area contributed by atoms with Gasteiger partial charge in [0.15, 0.2) is 5.82 Å². The van der Waals surface area contributed by atoms with E-state index in [9.17, 15) is 4.79 Å². The van der Waals surface area contributed by atoms with E-state index in [4.69, 9.17) is 23.2 Å². The molecule has 0 saturated carbocycles. The van der Waals surface area contributed by atoms with Gasteiger partial charge >= 0.3 is 0 Å². The van der Waals surface area contributed by atoms with Crippen LogP contribution in [0.4, 0.5) is 5.82 Å². The van der Waals surface area contributed by atoms with E-state index in [0.717, 1.165) is 24.0 Å². The molecule has 0 aliphatic carbocycles. The van der Waals surface area contributed by atoms with E-state index in [1.807, 2.05) is 17.7 Å². The third-order valence-electron chi connectivity index (χ3n) is 4.37. The number of rotatable bonds is 5. The maximum Gasteiger partial charge on any atom is 0.268 e. The van der Waals surface area contributed by atoms with E-state index in [-0.39, 0.29) is 11.9 Å². The molecule has 2 aromatic heterocycles. The number of aryl methyl sites for hydroxylation is 1. The molecule has 2 N–H and O–H groups in total. The lowest BCUT2D eigenvalue weighted by molar-refractivity contribution is 0.0893. The number of amides is 1. The minimum Gasteiger partial charge on any atom is -0.345 e. The molecule has 10 heteroatoms. The molecule has 0 radical (unpaired) electrons. The molecule has 0 bridgehead atoms. The highest BCUT2D eigenvalue weighted by Gasteiger charge is 2.30. The molecule has 1 aromatic carbocycles. The summed E-state index contributed by atoms with van der Waals surface area (Å²) in [5.74, 6) is 0.568. The second kappa shape index (κ2) is 7.55. The molecule has 27 heavy (non-hydrogen) atoms. The average Bonchev–Trinajstić information content (AvgIpc) is 2.98. The maximum absolute atomic E-state index is 12.7. The van der Waals surface area contributed by atoms with Crippen molar-refractivity contribution in [1.29, 1.82) is 0 Å². The van der Waals surface area contributed by atoms with Gasteiger partial charge in [0.25, 0.3) is 5.91 Å². The molecule has 1 fully saturated rings. The number of halogens is 2. The molecule has 3 aromatic rings. The van der Waals surface area contributed by atoms with Gasteiger partial charge in [0.05, 0.1) is 22.3 Å². The van der Waals surface area contributed by atoms with Crippen molar-refractivity contribution in [3.63, 3.8) is 0 Å². The van der Waals surface area contributed by atoms with Gasteiger partial charge in [-0.25, -0.2) is 9.29 Å². The quantitative estimate of drug-likeness (QED) is 0.613. The first-order chi connectivity index (χ1) is 13.0. The van der Waals surface area contributed by atoms with Crippen LogP contribution in [-0.4, -0.2) is 43.9 Å². The van der Waals surface area contributed by atoms with Crippen LogP contribution in [0.1, 0.15) is 10.5 Å². The van der Waals surface area contributed by atoms with Gasteiger partial charge in [-0.3, -0.25) is 14.5 Å². The van der Waals surface area contributed by atoms with Crippen LogP contribution in [0.15, 0.2) is 36.8 Å². The fourth-order valence-corrected chi connectivity index (χ4v) is 4.11. The predicted molar refractivity (Wildman–Crippen MR) is 109 cm³/mol. The van der Waals surface area contributed by atoms with Crippen LogP contribution in [0.5, 0.6) is 0 Å². The summed E-state index contributed by atoms with van der Waals surface area (Å²) in [4.78, 5) is 20.8. The number of carbonyl (C=O) groups excluding carboxylic acids is 1. The lowest BCUT2D eigenvalue weighted by Crippen LogP contribution is -2.56. The van der Waals surface area contributed by atoms with E-state index >= 15 is 0 Å². The summed E-state index contributed by atoms with van der Waals surface area (Å²) in [6.07, 6.45) is 4.91. The molecule has 3 heterocycles. The highest BCUT2D eigenvalue weighted by atomic mass is 35.5. The summed E-state index contributed by atoms with van der Waals surface area (Å²) in [6, 6.07) is 5.46. The van der Waals surface area contributed by atoms with E-state index < -0.39 is 0 Å². The molecule has 0 atom stereocenters. The first-order valence-electron chi connectivity index (χ1n) is 8.21. The van der Waals surface area contributed by atoms with Crippen molar-refractivity contribution in [1.82, 2.24) is 24.2 Å². The molecule has 1 saturated heterocycles. The van der Waals surface area contributed by atoms with Crippen LogP contribution in [0.25, 0.3) is 10.9 Å². The van der Waals surface area contributed by atoms with E-state index in [0.29, 0.717) is 21.6 Å². The number of hydrogen-bond acceptors (Lipinski definition) is 6. The fraction of sp³-hybridized carbons (Fsp3) is 0.235. The summed E-state index contributed by atoms with van der Waals surface area (Å²) in [6.45, 7) is 1.47. The van der Waals surface area contributed by atoms with Crippen molar-refractivity contribution in [3.05, 3.63) is 52.5 Å². The van der Waals surface area contributed by atoms with Gasteiger partial charge < -0.3 is 9.88 Å². The summed E-state index contributed by atoms with van der Waals surface area (Å²) < 4.78 is 7.04. The summed E-state index contributed by atoms with van der Waals surface area (Å²) in [5, 5.41) is 4.76. The molecule has 1 aliphatic rings. The Bertz CT molecular complexity index is 990. The second-order valence-corrected chi connectivity index (χ2v) is 7.87. The van der Waals surface area contributed by atoms with Crippen LogP contribution in [0.3, 0.4) is 0 Å². The Labute approximate surface area is 170 Å². The Morgan fingerprint density at radius 2 is 2.11 bits per heavy atom. The van der Waals surface area contributed by atoms with Gasteiger partial charge in [0, 0.05) is 55.6 Å². The second-order valence-electron chi connectivity index (χ2n) is 6.18. The van der Waals surface area contributed by atoms with Gasteiger partial charge in [0.1, 0.15) is 5.69 Å². The molecule has 0 spiro atoms. The van der Waals surface area contributed by atoms with Crippen molar-refractivity contribution in [2.75, 3.05) is 17.8 Å². The molecule has 1 aliphatic heterocycles. The van der Waals surface area contributed by atoms with Gasteiger partial charge in [-0.1, -0.05) is 23.2 Å². The number of carbonyl (C=O) groups is 1. The highest BCUT2D eigenvalue weighted by Crippen LogP contribution is 2.32. The monoisotopic (exact) mass is 422 g/mol. The molecule has 7 nitrogen and oxygen atoms in total. The topological polar surface area (TPSA) is 75.1 Å². The van der Waals surface area contributed by atoms with E-state index in [1.54, 1.807) is 30.7 Å². The summed E-state index contributed by atoms with van der Waals surface area (Å²) >= 11 is 13.8. The van der Waals surface area contributed by atoms with Gasteiger partial charge in [-0.2, -0.15) is 0 Å². The van der Waals surface area contributed by atoms with E-state index in [2.05, 4.69) is 24.3 Å². The number of benzene rings is 1. The predicted octanol–water partition coefficient (Wildman–Crippen LogP) is 3.36. The van der Waals surface area contributed by atoms with Gasteiger partial charge in [0.2, 0.25) is 0 Å². The average molecular weight is 423 g/mol. The van der Waals surface area contributed by atoms with Crippen LogP contribution < -0.4 is 10.0 Å². The molecule has 1 amide bonds. The molecule has 4 rings (SSSR count). The number of nitrogens with zero attached hydrogens (tertiary/aromatic N) is 4. The Morgan fingerprint density at radius 1 is 1.30 bits per heavy atom. The third kappa shape index (κ3) is 3.70. The zero-order valence-electron chi connectivity index (χ0n) is 14.3. The van der Waals surface area contributed by atoms with Gasteiger partial charge in [-0.05, 0) is 18.2 Å². The SMILES string of the molecule is Cn1c(C(=O)NC2CN(SNc3cnccn3)C2)cc2c(Cl)c(Cl)ccc21. The zero-order valence-corrected chi connectivity index (χ0v) is 16.6. The standard InChI is InChI=1S/C17H16Cl2N6OS/c1-24-13-3-2-12(18)16(19)11(13)6-14(24)17(26)22-10-8-25(9-10)27-23-15-7-20-4-5-21-15/h2-7,10H,8-9H2,1H3,(H,21,23)(H,22,26). The smallest absolute Gasteiger partial charge is 0.268 e. The van der Waals surface area contributed by atoms with Crippen molar-refractivity contribution >= 4 is 58.0 Å². The number of hydrogen-bond donors (Lipinski definition) is 2. The summed E-state index contributed by atoms with van der Waals surface area (Å²) in [5.41, 5.74) is 1.42. The molecular formula is C17H16Cl2N6OS. The Balaban J connectivity index is 1.35. The van der Waals surface area contributed by atoms with Crippen LogP contribution in [-0.2, 0) is 7.05 Å². The number of aromatic nitrogens is 3. The first-order valence-corrected chi connectivity index (χ1v) is 9.74. The van der Waals surface area contributed by atoms with Crippen molar-refractivity contribution in [2.24, 2.45) is 7.05 Å². The molecule has 0 unspecified atom stereocenters. The Hall–Kier alpha value is -2.00. The Morgan fingerprint density at radius 3 is 2.85 bits per heavy atom. The number of anilines is 1. The van der Waals surface area contributed by atoms with Crippen molar-refractivity contribution < 1.29 is 4.79 Å². The van der Waals surface area contributed by atoms with Crippen LogP contribution in [0, 0.1) is 0 Å². The summed E-state index contributed by atoms with van der Waals surface area (Å²) in [7, 11) is 1.84. The van der Waals surface area contributed by atoms with Crippen LogP contribution >= 0.6 is 35.3 Å². The largest absolute Gasteiger partial charge is 0.345 e. The lowest BCUT2D eigenvalue weighted by atomic mass is 10.2. The normalized spacial score (nSPS) is 14.9.